The van der Waals surface area contributed by atoms with Crippen LogP contribution in [0.3, 0.4) is 0 Å². The van der Waals surface area contributed by atoms with Crippen LogP contribution in [0.4, 0.5) is 11.6 Å². The molecule has 0 aliphatic carbocycles. The van der Waals surface area contributed by atoms with E-state index in [1.807, 2.05) is 11.9 Å². The van der Waals surface area contributed by atoms with E-state index in [-0.39, 0.29) is 0 Å². The van der Waals surface area contributed by atoms with Gasteiger partial charge in [-0.25, -0.2) is 9.97 Å². The van der Waals surface area contributed by atoms with Gasteiger partial charge < -0.3 is 15.4 Å². The Hall–Kier alpha value is -1.36. The molecular formula is C9H16N4O. The van der Waals surface area contributed by atoms with Crippen molar-refractivity contribution >= 4 is 11.6 Å². The molecular weight excluding hydrogens is 180 g/mol. The molecule has 0 atom stereocenters. The van der Waals surface area contributed by atoms with Gasteiger partial charge in [0.1, 0.15) is 0 Å². The first-order valence-electron chi connectivity index (χ1n) is 4.51. The van der Waals surface area contributed by atoms with E-state index < -0.39 is 0 Å². The molecule has 0 spiro atoms. The van der Waals surface area contributed by atoms with Gasteiger partial charge in [-0.15, -0.1) is 0 Å². The highest BCUT2D eigenvalue weighted by Gasteiger charge is 2.02. The molecule has 1 aromatic rings. The first-order valence-corrected chi connectivity index (χ1v) is 4.51. The van der Waals surface area contributed by atoms with Crippen LogP contribution in [0.25, 0.3) is 0 Å². The number of methoxy groups -OCH3 is 1. The maximum Gasteiger partial charge on any atom is 0.225 e. The molecule has 5 heteroatoms. The average Bonchev–Trinajstić information content (AvgIpc) is 2.19. The van der Waals surface area contributed by atoms with Gasteiger partial charge in [0.15, 0.2) is 0 Å². The third kappa shape index (κ3) is 3.18. The fourth-order valence-electron chi connectivity index (χ4n) is 1.07. The summed E-state index contributed by atoms with van der Waals surface area (Å²) in [6.45, 7) is 1.62. The lowest BCUT2D eigenvalue weighted by Gasteiger charge is -2.16. The fourth-order valence-corrected chi connectivity index (χ4v) is 1.07. The number of aromatic nitrogens is 2. The molecule has 0 bridgehead atoms. The Labute approximate surface area is 83.9 Å². The number of hydrogen-bond donors (Lipinski definition) is 1. The standard InChI is InChI=1S/C9H16N4O/c1-13(4-3-5-14-2)9-11-6-8(10)7-12-9/h6-7H,3-5,10H2,1-2H3. The van der Waals surface area contributed by atoms with Gasteiger partial charge in [0, 0.05) is 27.3 Å². The number of nitrogen functional groups attached to an aromatic ring is 1. The molecule has 0 radical (unpaired) electrons. The van der Waals surface area contributed by atoms with Crippen LogP contribution >= 0.6 is 0 Å². The SMILES string of the molecule is COCCCN(C)c1ncc(N)cn1. The van der Waals surface area contributed by atoms with Gasteiger partial charge in [-0.3, -0.25) is 0 Å². The maximum atomic E-state index is 5.48. The summed E-state index contributed by atoms with van der Waals surface area (Å²) >= 11 is 0. The van der Waals surface area contributed by atoms with Crippen LogP contribution in [-0.4, -0.2) is 37.3 Å². The molecule has 0 aliphatic rings. The molecule has 14 heavy (non-hydrogen) atoms. The Kier molecular flexibility index (Phi) is 4.12. The Morgan fingerprint density at radius 1 is 1.43 bits per heavy atom. The van der Waals surface area contributed by atoms with E-state index in [9.17, 15) is 0 Å². The predicted molar refractivity (Wildman–Crippen MR) is 56.2 cm³/mol. The highest BCUT2D eigenvalue weighted by atomic mass is 16.5. The van der Waals surface area contributed by atoms with E-state index in [1.54, 1.807) is 19.5 Å². The second-order valence-electron chi connectivity index (χ2n) is 3.08. The Morgan fingerprint density at radius 2 is 2.07 bits per heavy atom. The van der Waals surface area contributed by atoms with Gasteiger partial charge >= 0.3 is 0 Å². The van der Waals surface area contributed by atoms with Crippen molar-refractivity contribution in [1.82, 2.24) is 9.97 Å². The largest absolute Gasteiger partial charge is 0.396 e. The zero-order chi connectivity index (χ0) is 10.4. The monoisotopic (exact) mass is 196 g/mol. The van der Waals surface area contributed by atoms with E-state index in [0.717, 1.165) is 19.6 Å². The van der Waals surface area contributed by atoms with Crippen molar-refractivity contribution in [1.29, 1.82) is 0 Å². The van der Waals surface area contributed by atoms with Gasteiger partial charge in [0.2, 0.25) is 5.95 Å². The number of nitrogens with two attached hydrogens (primary N) is 1. The molecule has 0 amide bonds. The first-order chi connectivity index (χ1) is 6.74. The summed E-state index contributed by atoms with van der Waals surface area (Å²) in [7, 11) is 3.64. The molecule has 1 heterocycles. The molecule has 0 aliphatic heterocycles. The molecule has 0 saturated carbocycles. The van der Waals surface area contributed by atoms with Crippen LogP contribution in [0, 0.1) is 0 Å². The lowest BCUT2D eigenvalue weighted by Crippen LogP contribution is -2.21. The van der Waals surface area contributed by atoms with Crippen LogP contribution in [0.1, 0.15) is 6.42 Å². The number of rotatable bonds is 5. The minimum atomic E-state index is 0.582. The smallest absolute Gasteiger partial charge is 0.225 e. The number of ether oxygens (including phenoxy) is 1. The van der Waals surface area contributed by atoms with Gasteiger partial charge in [0.05, 0.1) is 18.1 Å². The van der Waals surface area contributed by atoms with Crippen LogP contribution < -0.4 is 10.6 Å². The summed E-state index contributed by atoms with van der Waals surface area (Å²) in [5.74, 6) is 0.690. The van der Waals surface area contributed by atoms with Crippen molar-refractivity contribution < 1.29 is 4.74 Å². The topological polar surface area (TPSA) is 64.3 Å². The second-order valence-corrected chi connectivity index (χ2v) is 3.08. The zero-order valence-corrected chi connectivity index (χ0v) is 8.60. The van der Waals surface area contributed by atoms with Crippen molar-refractivity contribution in [2.75, 3.05) is 37.9 Å². The van der Waals surface area contributed by atoms with Crippen LogP contribution in [-0.2, 0) is 4.74 Å². The minimum absolute atomic E-state index is 0.582. The van der Waals surface area contributed by atoms with Crippen LogP contribution in [0.2, 0.25) is 0 Å². The molecule has 2 N–H and O–H groups in total. The molecule has 1 rings (SSSR count). The third-order valence-electron chi connectivity index (χ3n) is 1.84. The Bertz CT molecular complexity index is 262. The van der Waals surface area contributed by atoms with Crippen LogP contribution in [0.15, 0.2) is 12.4 Å². The minimum Gasteiger partial charge on any atom is -0.396 e. The Morgan fingerprint density at radius 3 is 2.64 bits per heavy atom. The second kappa shape index (κ2) is 5.39. The summed E-state index contributed by atoms with van der Waals surface area (Å²) in [4.78, 5) is 10.2. The summed E-state index contributed by atoms with van der Waals surface area (Å²) < 4.78 is 4.96. The highest BCUT2D eigenvalue weighted by molar-refractivity contribution is 5.37. The molecule has 78 valence electrons. The quantitative estimate of drug-likeness (QED) is 0.696. The summed E-state index contributed by atoms with van der Waals surface area (Å²) in [6.07, 6.45) is 4.17. The molecule has 1 aromatic heterocycles. The summed E-state index contributed by atoms with van der Waals surface area (Å²) in [6, 6.07) is 0. The maximum absolute atomic E-state index is 5.48. The van der Waals surface area contributed by atoms with Crippen molar-refractivity contribution in [2.24, 2.45) is 0 Å². The van der Waals surface area contributed by atoms with E-state index >= 15 is 0 Å². The number of hydrogen-bond acceptors (Lipinski definition) is 5. The fraction of sp³-hybridized carbons (Fsp3) is 0.556. The average molecular weight is 196 g/mol. The summed E-state index contributed by atoms with van der Waals surface area (Å²) in [5.41, 5.74) is 6.07. The van der Waals surface area contributed by atoms with E-state index in [4.69, 9.17) is 10.5 Å². The van der Waals surface area contributed by atoms with Crippen molar-refractivity contribution in [3.05, 3.63) is 12.4 Å². The zero-order valence-electron chi connectivity index (χ0n) is 8.60. The lowest BCUT2D eigenvalue weighted by atomic mass is 10.4. The van der Waals surface area contributed by atoms with E-state index in [1.165, 1.54) is 0 Å². The van der Waals surface area contributed by atoms with Gasteiger partial charge in [0.25, 0.3) is 0 Å². The number of anilines is 2. The molecule has 0 saturated heterocycles. The number of nitrogens with zero attached hydrogens (tertiary/aromatic N) is 3. The summed E-state index contributed by atoms with van der Waals surface area (Å²) in [5, 5.41) is 0. The van der Waals surface area contributed by atoms with Crippen LogP contribution in [0.5, 0.6) is 0 Å². The first kappa shape index (κ1) is 10.7. The molecule has 0 fully saturated rings. The molecule has 5 nitrogen and oxygen atoms in total. The van der Waals surface area contributed by atoms with Gasteiger partial charge in [-0.05, 0) is 6.42 Å². The van der Waals surface area contributed by atoms with E-state index in [2.05, 4.69) is 9.97 Å². The molecule has 0 unspecified atom stereocenters. The van der Waals surface area contributed by atoms with E-state index in [0.29, 0.717) is 11.6 Å². The van der Waals surface area contributed by atoms with Crippen molar-refractivity contribution in [3.8, 4) is 0 Å². The van der Waals surface area contributed by atoms with Crippen molar-refractivity contribution in [3.63, 3.8) is 0 Å². The normalized spacial score (nSPS) is 10.1. The van der Waals surface area contributed by atoms with Crippen molar-refractivity contribution in [2.45, 2.75) is 6.42 Å². The Balaban J connectivity index is 2.43. The third-order valence-corrected chi connectivity index (χ3v) is 1.84. The van der Waals surface area contributed by atoms with Gasteiger partial charge in [-0.1, -0.05) is 0 Å². The predicted octanol–water partition coefficient (Wildman–Crippen LogP) is 0.531. The lowest BCUT2D eigenvalue weighted by molar-refractivity contribution is 0.196. The molecule has 0 aromatic carbocycles. The van der Waals surface area contributed by atoms with Gasteiger partial charge in [-0.2, -0.15) is 0 Å². The highest BCUT2D eigenvalue weighted by Crippen LogP contribution is 2.05.